The van der Waals surface area contributed by atoms with E-state index < -0.39 is 6.04 Å². The van der Waals surface area contributed by atoms with Gasteiger partial charge in [0.15, 0.2) is 0 Å². The summed E-state index contributed by atoms with van der Waals surface area (Å²) in [5.41, 5.74) is 1.96. The summed E-state index contributed by atoms with van der Waals surface area (Å²) in [6.45, 7) is 2.63. The molecular formula is C23H29N3O2. The number of rotatable bonds is 7. The maximum atomic E-state index is 12.8. The van der Waals surface area contributed by atoms with Crippen molar-refractivity contribution in [3.8, 4) is 0 Å². The Morgan fingerprint density at radius 3 is 2.43 bits per heavy atom. The van der Waals surface area contributed by atoms with Crippen LogP contribution in [0.3, 0.4) is 0 Å². The topological polar surface area (TPSA) is 71.1 Å². The lowest BCUT2D eigenvalue weighted by Crippen LogP contribution is -2.49. The van der Waals surface area contributed by atoms with Crippen molar-refractivity contribution in [1.82, 2.24) is 15.6 Å². The predicted octanol–water partition coefficient (Wildman–Crippen LogP) is 3.25. The third kappa shape index (κ3) is 5.91. The molecule has 148 valence electrons. The predicted molar refractivity (Wildman–Crippen MR) is 109 cm³/mol. The summed E-state index contributed by atoms with van der Waals surface area (Å²) in [6, 6.07) is 13.0. The first-order valence-electron chi connectivity index (χ1n) is 10.1. The maximum absolute atomic E-state index is 12.8. The van der Waals surface area contributed by atoms with Gasteiger partial charge in [-0.1, -0.05) is 43.3 Å². The summed E-state index contributed by atoms with van der Waals surface area (Å²) in [5.74, 6) is 0.544. The highest BCUT2D eigenvalue weighted by Crippen LogP contribution is 2.28. The molecule has 1 saturated carbocycles. The molecule has 3 rings (SSSR count). The van der Waals surface area contributed by atoms with Crippen LogP contribution in [-0.2, 0) is 22.6 Å². The zero-order chi connectivity index (χ0) is 19.8. The molecule has 1 unspecified atom stereocenters. The molecule has 2 aromatic rings. The van der Waals surface area contributed by atoms with Crippen LogP contribution in [0.15, 0.2) is 54.9 Å². The number of hydrogen-bond acceptors (Lipinski definition) is 3. The van der Waals surface area contributed by atoms with Crippen LogP contribution in [0.5, 0.6) is 0 Å². The second-order valence-electron chi connectivity index (χ2n) is 7.79. The number of benzene rings is 1. The molecule has 1 aromatic carbocycles. The molecule has 28 heavy (non-hydrogen) atoms. The number of hydrogen-bond donors (Lipinski definition) is 2. The summed E-state index contributed by atoms with van der Waals surface area (Å²) in [7, 11) is 0. The van der Waals surface area contributed by atoms with E-state index >= 15 is 0 Å². The minimum Gasteiger partial charge on any atom is -0.350 e. The lowest BCUT2D eigenvalue weighted by molar-refractivity contribution is -0.132. The number of carbonyl (C=O) groups excluding carboxylic acids is 2. The van der Waals surface area contributed by atoms with Gasteiger partial charge in [0, 0.05) is 31.3 Å². The molecule has 5 heteroatoms. The number of pyridine rings is 1. The van der Waals surface area contributed by atoms with E-state index in [0.717, 1.165) is 36.8 Å². The van der Waals surface area contributed by atoms with Crippen molar-refractivity contribution in [1.29, 1.82) is 0 Å². The van der Waals surface area contributed by atoms with Crippen LogP contribution in [0.25, 0.3) is 0 Å². The average molecular weight is 380 g/mol. The third-order valence-electron chi connectivity index (χ3n) is 5.49. The van der Waals surface area contributed by atoms with Crippen molar-refractivity contribution >= 4 is 11.8 Å². The lowest BCUT2D eigenvalue weighted by Gasteiger charge is -2.27. The fraction of sp³-hybridized carbons (Fsp3) is 0.435. The standard InChI is InChI=1S/C23H29N3O2/c1-17-9-11-20(12-10-17)22(27)26-21(14-18-6-3-2-4-7-18)23(28)25-16-19-8-5-13-24-15-19/h2-8,13,15,17,20-21H,9-12,14,16H2,1H3,(H,25,28)(H,26,27). The molecule has 2 amide bonds. The quantitative estimate of drug-likeness (QED) is 0.776. The van der Waals surface area contributed by atoms with Gasteiger partial charge in [-0.3, -0.25) is 14.6 Å². The second kappa shape index (κ2) is 10.0. The smallest absolute Gasteiger partial charge is 0.243 e. The van der Waals surface area contributed by atoms with E-state index in [1.807, 2.05) is 42.5 Å². The summed E-state index contributed by atoms with van der Waals surface area (Å²) < 4.78 is 0. The monoisotopic (exact) mass is 379 g/mol. The molecule has 1 heterocycles. The molecule has 1 atom stereocenters. The molecule has 1 aliphatic rings. The van der Waals surface area contributed by atoms with Gasteiger partial charge >= 0.3 is 0 Å². The van der Waals surface area contributed by atoms with Gasteiger partial charge in [-0.25, -0.2) is 0 Å². The van der Waals surface area contributed by atoms with E-state index in [9.17, 15) is 9.59 Å². The Hall–Kier alpha value is -2.69. The summed E-state index contributed by atoms with van der Waals surface area (Å²) >= 11 is 0. The molecule has 5 nitrogen and oxygen atoms in total. The van der Waals surface area contributed by atoms with Gasteiger partial charge in [-0.05, 0) is 48.8 Å². The second-order valence-corrected chi connectivity index (χ2v) is 7.79. The number of amides is 2. The van der Waals surface area contributed by atoms with E-state index in [1.54, 1.807) is 12.4 Å². The molecule has 1 aromatic heterocycles. The van der Waals surface area contributed by atoms with Gasteiger partial charge in [0.2, 0.25) is 11.8 Å². The van der Waals surface area contributed by atoms with E-state index in [4.69, 9.17) is 0 Å². The Morgan fingerprint density at radius 1 is 1.04 bits per heavy atom. The highest BCUT2D eigenvalue weighted by molar-refractivity contribution is 5.88. The summed E-state index contributed by atoms with van der Waals surface area (Å²) in [5, 5.41) is 5.96. The molecule has 0 radical (unpaired) electrons. The first kappa shape index (κ1) is 20.1. The number of carbonyl (C=O) groups is 2. The number of aromatic nitrogens is 1. The number of nitrogens with zero attached hydrogens (tertiary/aromatic N) is 1. The Bertz CT molecular complexity index is 756. The Balaban J connectivity index is 1.63. The van der Waals surface area contributed by atoms with Crippen molar-refractivity contribution in [2.45, 2.75) is 51.6 Å². The molecule has 1 fully saturated rings. The molecule has 0 bridgehead atoms. The van der Waals surface area contributed by atoms with E-state index in [1.165, 1.54) is 0 Å². The Morgan fingerprint density at radius 2 is 1.75 bits per heavy atom. The van der Waals surface area contributed by atoms with Gasteiger partial charge in [-0.15, -0.1) is 0 Å². The zero-order valence-electron chi connectivity index (χ0n) is 16.4. The SMILES string of the molecule is CC1CCC(C(=O)NC(Cc2ccccc2)C(=O)NCc2cccnc2)CC1. The fourth-order valence-electron chi connectivity index (χ4n) is 3.69. The summed E-state index contributed by atoms with van der Waals surface area (Å²) in [6.07, 6.45) is 7.88. The van der Waals surface area contributed by atoms with E-state index in [-0.39, 0.29) is 17.7 Å². The van der Waals surface area contributed by atoms with Gasteiger partial charge in [0.25, 0.3) is 0 Å². The fourth-order valence-corrected chi connectivity index (χ4v) is 3.69. The van der Waals surface area contributed by atoms with Crippen molar-refractivity contribution in [3.05, 3.63) is 66.0 Å². The van der Waals surface area contributed by atoms with E-state index in [2.05, 4.69) is 22.5 Å². The van der Waals surface area contributed by atoms with Crippen molar-refractivity contribution in [3.63, 3.8) is 0 Å². The minimum absolute atomic E-state index is 0.00404. The molecule has 2 N–H and O–H groups in total. The van der Waals surface area contributed by atoms with Crippen LogP contribution in [0.1, 0.15) is 43.7 Å². The Labute approximate surface area is 167 Å². The van der Waals surface area contributed by atoms with Gasteiger partial charge in [-0.2, -0.15) is 0 Å². The largest absolute Gasteiger partial charge is 0.350 e. The highest BCUT2D eigenvalue weighted by atomic mass is 16.2. The van der Waals surface area contributed by atoms with Crippen LogP contribution in [-0.4, -0.2) is 22.8 Å². The molecule has 0 aliphatic heterocycles. The van der Waals surface area contributed by atoms with Crippen molar-refractivity contribution in [2.24, 2.45) is 11.8 Å². The van der Waals surface area contributed by atoms with Gasteiger partial charge in [0.05, 0.1) is 0 Å². The van der Waals surface area contributed by atoms with E-state index in [0.29, 0.717) is 18.9 Å². The van der Waals surface area contributed by atoms with Crippen LogP contribution < -0.4 is 10.6 Å². The lowest BCUT2D eigenvalue weighted by atomic mass is 9.82. The average Bonchev–Trinajstić information content (AvgIpc) is 2.73. The van der Waals surface area contributed by atoms with Crippen LogP contribution in [0.2, 0.25) is 0 Å². The third-order valence-corrected chi connectivity index (χ3v) is 5.49. The van der Waals surface area contributed by atoms with Crippen LogP contribution >= 0.6 is 0 Å². The molecule has 1 aliphatic carbocycles. The minimum atomic E-state index is -0.578. The normalized spacial score (nSPS) is 20.2. The molecule has 0 saturated heterocycles. The van der Waals surface area contributed by atoms with Crippen molar-refractivity contribution in [2.75, 3.05) is 0 Å². The zero-order valence-corrected chi connectivity index (χ0v) is 16.4. The number of nitrogens with one attached hydrogen (secondary N) is 2. The highest BCUT2D eigenvalue weighted by Gasteiger charge is 2.28. The van der Waals surface area contributed by atoms with Crippen molar-refractivity contribution < 1.29 is 9.59 Å². The molecular weight excluding hydrogens is 350 g/mol. The molecule has 0 spiro atoms. The van der Waals surface area contributed by atoms with Gasteiger partial charge < -0.3 is 10.6 Å². The van der Waals surface area contributed by atoms with Crippen LogP contribution in [0.4, 0.5) is 0 Å². The Kier molecular flexibility index (Phi) is 7.18. The summed E-state index contributed by atoms with van der Waals surface area (Å²) in [4.78, 5) is 29.7. The van der Waals surface area contributed by atoms with Gasteiger partial charge in [0.1, 0.15) is 6.04 Å². The van der Waals surface area contributed by atoms with Crippen LogP contribution in [0, 0.1) is 11.8 Å². The first-order chi connectivity index (χ1) is 13.6. The first-order valence-corrected chi connectivity index (χ1v) is 10.1. The maximum Gasteiger partial charge on any atom is 0.243 e.